The van der Waals surface area contributed by atoms with Crippen LogP contribution in [0.3, 0.4) is 0 Å². The van der Waals surface area contributed by atoms with Crippen LogP contribution in [-0.2, 0) is 14.3 Å². The van der Waals surface area contributed by atoms with E-state index < -0.39 is 15.7 Å². The molecular formula is C18H20O3S. The third-order valence-electron chi connectivity index (χ3n) is 4.23. The standard InChI is InChI=1S/C18H20O3S/c1-3-17-13-18(17,21-22(2,19)20)11-10-14-8-9-15-6-4-5-7-16(15)12-14/h4-12,17H,3,13H2,1-2H3/b11-10+/t17-,18-/m1/s1. The minimum Gasteiger partial charge on any atom is -0.259 e. The molecule has 0 bridgehead atoms. The average molecular weight is 316 g/mol. The first-order valence-electron chi connectivity index (χ1n) is 7.50. The topological polar surface area (TPSA) is 43.4 Å². The normalized spacial score (nSPS) is 24.9. The maximum Gasteiger partial charge on any atom is 0.265 e. The zero-order chi connectivity index (χ0) is 15.8. The zero-order valence-corrected chi connectivity index (χ0v) is 13.6. The van der Waals surface area contributed by atoms with Crippen molar-refractivity contribution in [3.8, 4) is 0 Å². The fourth-order valence-corrected chi connectivity index (χ4v) is 3.80. The third kappa shape index (κ3) is 3.23. The molecule has 1 aliphatic rings. The Kier molecular flexibility index (Phi) is 3.83. The number of hydrogen-bond donors (Lipinski definition) is 0. The molecule has 1 saturated carbocycles. The highest BCUT2D eigenvalue weighted by molar-refractivity contribution is 7.86. The lowest BCUT2D eigenvalue weighted by Gasteiger charge is -2.12. The number of hydrogen-bond acceptors (Lipinski definition) is 3. The summed E-state index contributed by atoms with van der Waals surface area (Å²) in [6, 6.07) is 14.4. The highest BCUT2D eigenvalue weighted by Crippen LogP contribution is 2.51. The second-order valence-corrected chi connectivity index (χ2v) is 7.57. The van der Waals surface area contributed by atoms with Gasteiger partial charge in [0.15, 0.2) is 0 Å². The molecule has 0 radical (unpaired) electrons. The number of benzene rings is 2. The van der Waals surface area contributed by atoms with E-state index in [-0.39, 0.29) is 5.92 Å². The van der Waals surface area contributed by atoms with Gasteiger partial charge < -0.3 is 0 Å². The Morgan fingerprint density at radius 3 is 2.59 bits per heavy atom. The highest BCUT2D eigenvalue weighted by Gasteiger charge is 2.54. The molecule has 0 N–H and O–H groups in total. The quantitative estimate of drug-likeness (QED) is 0.783. The van der Waals surface area contributed by atoms with Gasteiger partial charge in [-0.1, -0.05) is 61.9 Å². The van der Waals surface area contributed by atoms with Crippen LogP contribution in [-0.4, -0.2) is 20.3 Å². The molecule has 2 aromatic rings. The van der Waals surface area contributed by atoms with Crippen molar-refractivity contribution in [1.82, 2.24) is 0 Å². The van der Waals surface area contributed by atoms with Gasteiger partial charge in [0.1, 0.15) is 5.60 Å². The lowest BCUT2D eigenvalue weighted by atomic mass is 10.1. The van der Waals surface area contributed by atoms with Crippen molar-refractivity contribution in [2.24, 2.45) is 5.92 Å². The second-order valence-electron chi connectivity index (χ2n) is 5.99. The van der Waals surface area contributed by atoms with Crippen LogP contribution in [0.5, 0.6) is 0 Å². The van der Waals surface area contributed by atoms with E-state index in [1.807, 2.05) is 30.4 Å². The van der Waals surface area contributed by atoms with Crippen LogP contribution in [0.15, 0.2) is 48.5 Å². The molecule has 3 nitrogen and oxygen atoms in total. The summed E-state index contributed by atoms with van der Waals surface area (Å²) < 4.78 is 28.3. The molecule has 2 aromatic carbocycles. The largest absolute Gasteiger partial charge is 0.265 e. The van der Waals surface area contributed by atoms with Gasteiger partial charge in [-0.05, 0) is 34.7 Å². The summed E-state index contributed by atoms with van der Waals surface area (Å²) in [5.41, 5.74) is 0.408. The Morgan fingerprint density at radius 2 is 1.95 bits per heavy atom. The first-order valence-corrected chi connectivity index (χ1v) is 9.32. The van der Waals surface area contributed by atoms with Crippen molar-refractivity contribution in [2.75, 3.05) is 6.26 Å². The molecule has 0 unspecified atom stereocenters. The molecule has 4 heteroatoms. The fourth-order valence-electron chi connectivity index (χ4n) is 2.98. The molecule has 0 amide bonds. The zero-order valence-electron chi connectivity index (χ0n) is 12.8. The predicted octanol–water partition coefficient (Wildman–Crippen LogP) is 4.00. The first kappa shape index (κ1) is 15.3. The van der Waals surface area contributed by atoms with Crippen molar-refractivity contribution in [1.29, 1.82) is 0 Å². The molecule has 0 spiro atoms. The molecular weight excluding hydrogens is 296 g/mol. The molecule has 1 aliphatic carbocycles. The Hall–Kier alpha value is -1.65. The summed E-state index contributed by atoms with van der Waals surface area (Å²) in [5, 5.41) is 2.37. The molecule has 0 heterocycles. The van der Waals surface area contributed by atoms with Crippen LogP contribution in [0.4, 0.5) is 0 Å². The van der Waals surface area contributed by atoms with Gasteiger partial charge in [0.25, 0.3) is 10.1 Å². The Morgan fingerprint density at radius 1 is 1.23 bits per heavy atom. The molecule has 116 valence electrons. The van der Waals surface area contributed by atoms with Crippen LogP contribution in [0.2, 0.25) is 0 Å². The van der Waals surface area contributed by atoms with Crippen molar-refractivity contribution in [2.45, 2.75) is 25.4 Å². The van der Waals surface area contributed by atoms with Gasteiger partial charge in [0.2, 0.25) is 0 Å². The van der Waals surface area contributed by atoms with Gasteiger partial charge in [0, 0.05) is 0 Å². The van der Waals surface area contributed by atoms with Gasteiger partial charge in [-0.25, -0.2) is 0 Å². The van der Waals surface area contributed by atoms with E-state index in [0.29, 0.717) is 0 Å². The van der Waals surface area contributed by atoms with E-state index in [9.17, 15) is 8.42 Å². The van der Waals surface area contributed by atoms with Gasteiger partial charge in [-0.3, -0.25) is 4.18 Å². The molecule has 0 saturated heterocycles. The first-order chi connectivity index (χ1) is 10.4. The molecule has 2 atom stereocenters. The van der Waals surface area contributed by atoms with Crippen LogP contribution in [0.1, 0.15) is 25.3 Å². The Balaban J connectivity index is 1.87. The minimum absolute atomic E-state index is 0.277. The average Bonchev–Trinajstić information content (AvgIpc) is 3.16. The second kappa shape index (κ2) is 5.52. The summed E-state index contributed by atoms with van der Waals surface area (Å²) in [5.74, 6) is 0.277. The summed E-state index contributed by atoms with van der Waals surface area (Å²) in [4.78, 5) is 0. The van der Waals surface area contributed by atoms with Crippen molar-refractivity contribution in [3.63, 3.8) is 0 Å². The monoisotopic (exact) mass is 316 g/mol. The van der Waals surface area contributed by atoms with Crippen molar-refractivity contribution >= 4 is 27.0 Å². The maximum atomic E-state index is 11.5. The molecule has 0 aliphatic heterocycles. The van der Waals surface area contributed by atoms with E-state index in [2.05, 4.69) is 31.2 Å². The summed E-state index contributed by atoms with van der Waals surface area (Å²) in [6.07, 6.45) is 6.67. The Bertz CT molecular complexity index is 823. The molecule has 3 rings (SSSR count). The smallest absolute Gasteiger partial charge is 0.259 e. The lowest BCUT2D eigenvalue weighted by molar-refractivity contribution is 0.220. The van der Waals surface area contributed by atoms with E-state index in [1.54, 1.807) is 0 Å². The maximum absolute atomic E-state index is 11.5. The number of rotatable bonds is 5. The summed E-state index contributed by atoms with van der Waals surface area (Å²) in [7, 11) is -3.45. The summed E-state index contributed by atoms with van der Waals surface area (Å²) in [6.45, 7) is 2.06. The lowest BCUT2D eigenvalue weighted by Crippen LogP contribution is -2.19. The van der Waals surface area contributed by atoms with E-state index in [1.165, 1.54) is 10.8 Å². The SMILES string of the molecule is CC[C@@H]1C[C@@]1(/C=C/c1ccc2ccccc2c1)OS(C)(=O)=O. The van der Waals surface area contributed by atoms with E-state index >= 15 is 0 Å². The highest BCUT2D eigenvalue weighted by atomic mass is 32.2. The van der Waals surface area contributed by atoms with E-state index in [0.717, 1.165) is 24.7 Å². The summed E-state index contributed by atoms with van der Waals surface area (Å²) >= 11 is 0. The minimum atomic E-state index is -3.45. The van der Waals surface area contributed by atoms with Crippen LogP contribution in [0, 0.1) is 5.92 Å². The predicted molar refractivity (Wildman–Crippen MR) is 90.0 cm³/mol. The molecule has 0 aromatic heterocycles. The van der Waals surface area contributed by atoms with E-state index in [4.69, 9.17) is 4.18 Å². The van der Waals surface area contributed by atoms with Gasteiger partial charge >= 0.3 is 0 Å². The van der Waals surface area contributed by atoms with Gasteiger partial charge in [-0.2, -0.15) is 8.42 Å². The number of fused-ring (bicyclic) bond motifs is 1. The van der Waals surface area contributed by atoms with Crippen molar-refractivity contribution < 1.29 is 12.6 Å². The third-order valence-corrected chi connectivity index (χ3v) is 4.84. The fraction of sp³-hybridized carbons (Fsp3) is 0.333. The molecule has 22 heavy (non-hydrogen) atoms. The Labute approximate surface area is 131 Å². The van der Waals surface area contributed by atoms with Crippen molar-refractivity contribution in [3.05, 3.63) is 54.1 Å². The van der Waals surface area contributed by atoms with Gasteiger partial charge in [0.05, 0.1) is 6.26 Å². The van der Waals surface area contributed by atoms with Crippen LogP contribution in [0.25, 0.3) is 16.8 Å². The molecule has 1 fully saturated rings. The van der Waals surface area contributed by atoms with Gasteiger partial charge in [-0.15, -0.1) is 0 Å². The van der Waals surface area contributed by atoms with Crippen LogP contribution < -0.4 is 0 Å². The van der Waals surface area contributed by atoms with Crippen LogP contribution >= 0.6 is 0 Å².